The van der Waals surface area contributed by atoms with E-state index in [9.17, 15) is 0 Å². The molecule has 0 aliphatic carbocycles. The van der Waals surface area contributed by atoms with Gasteiger partial charge in [-0.05, 0) is 32.3 Å². The summed E-state index contributed by atoms with van der Waals surface area (Å²) < 4.78 is 1.98. The van der Waals surface area contributed by atoms with Crippen LogP contribution in [0.25, 0.3) is 0 Å². The van der Waals surface area contributed by atoms with Gasteiger partial charge in [0.05, 0.1) is 6.04 Å². The smallest absolute Gasteiger partial charge is 0.225 e. The first-order chi connectivity index (χ1) is 11.3. The van der Waals surface area contributed by atoms with Crippen LogP contribution in [0, 0.1) is 0 Å². The van der Waals surface area contributed by atoms with Crippen molar-refractivity contribution in [2.24, 2.45) is 0 Å². The van der Waals surface area contributed by atoms with Crippen LogP contribution in [0.15, 0.2) is 24.8 Å². The molecule has 1 aliphatic heterocycles. The summed E-state index contributed by atoms with van der Waals surface area (Å²) in [5.74, 6) is 1.88. The Kier molecular flexibility index (Phi) is 5.17. The van der Waals surface area contributed by atoms with Crippen LogP contribution in [0.4, 0.5) is 5.95 Å². The van der Waals surface area contributed by atoms with E-state index in [1.54, 1.807) is 18.7 Å². The SMILES string of the molecule is CC[C@H](NC1CCN(c2ncccn2)CC1)c1ncnn1CC. The number of aryl methyl sites for hydroxylation is 1. The Morgan fingerprint density at radius 1 is 1.17 bits per heavy atom. The van der Waals surface area contributed by atoms with Gasteiger partial charge < -0.3 is 10.2 Å². The summed E-state index contributed by atoms with van der Waals surface area (Å²) in [6.45, 7) is 7.12. The van der Waals surface area contributed by atoms with E-state index in [2.05, 4.69) is 44.1 Å². The molecule has 1 N–H and O–H groups in total. The van der Waals surface area contributed by atoms with Crippen LogP contribution < -0.4 is 10.2 Å². The Labute approximate surface area is 137 Å². The fourth-order valence-corrected chi connectivity index (χ4v) is 3.15. The number of hydrogen-bond acceptors (Lipinski definition) is 6. The lowest BCUT2D eigenvalue weighted by molar-refractivity contribution is 0.346. The number of hydrogen-bond donors (Lipinski definition) is 1. The van der Waals surface area contributed by atoms with Crippen molar-refractivity contribution in [1.82, 2.24) is 30.0 Å². The Bertz CT molecular complexity index is 589. The van der Waals surface area contributed by atoms with Crippen molar-refractivity contribution >= 4 is 5.95 Å². The second-order valence-corrected chi connectivity index (χ2v) is 5.87. The second kappa shape index (κ2) is 7.50. The summed E-state index contributed by atoms with van der Waals surface area (Å²) in [4.78, 5) is 15.4. The third-order valence-electron chi connectivity index (χ3n) is 4.43. The second-order valence-electron chi connectivity index (χ2n) is 5.87. The zero-order valence-corrected chi connectivity index (χ0v) is 13.9. The number of nitrogens with zero attached hydrogens (tertiary/aromatic N) is 6. The first kappa shape index (κ1) is 15.9. The van der Waals surface area contributed by atoms with Crippen molar-refractivity contribution in [1.29, 1.82) is 0 Å². The molecule has 2 aromatic heterocycles. The van der Waals surface area contributed by atoms with Crippen LogP contribution in [0.3, 0.4) is 0 Å². The minimum atomic E-state index is 0.266. The molecular weight excluding hydrogens is 290 g/mol. The minimum Gasteiger partial charge on any atom is -0.341 e. The van der Waals surface area contributed by atoms with Crippen molar-refractivity contribution in [3.05, 3.63) is 30.6 Å². The van der Waals surface area contributed by atoms with Gasteiger partial charge in [0.2, 0.25) is 5.95 Å². The lowest BCUT2D eigenvalue weighted by Gasteiger charge is -2.34. The Hall–Kier alpha value is -2.02. The van der Waals surface area contributed by atoms with Gasteiger partial charge in [-0.25, -0.2) is 19.6 Å². The number of anilines is 1. The van der Waals surface area contributed by atoms with Gasteiger partial charge in [-0.15, -0.1) is 0 Å². The molecule has 1 fully saturated rings. The maximum absolute atomic E-state index is 4.45. The molecule has 124 valence electrons. The summed E-state index contributed by atoms with van der Waals surface area (Å²) >= 11 is 0. The molecule has 3 rings (SSSR count). The lowest BCUT2D eigenvalue weighted by atomic mass is 10.0. The van der Waals surface area contributed by atoms with E-state index in [4.69, 9.17) is 0 Å². The summed E-state index contributed by atoms with van der Waals surface area (Å²) in [6.07, 6.45) is 8.46. The van der Waals surface area contributed by atoms with Gasteiger partial charge in [0.25, 0.3) is 0 Å². The molecule has 0 amide bonds. The summed E-state index contributed by atoms with van der Waals surface area (Å²) in [6, 6.07) is 2.62. The van der Waals surface area contributed by atoms with E-state index in [1.807, 2.05) is 10.7 Å². The van der Waals surface area contributed by atoms with E-state index < -0.39 is 0 Å². The van der Waals surface area contributed by atoms with Crippen molar-refractivity contribution in [2.45, 2.75) is 51.7 Å². The predicted molar refractivity (Wildman–Crippen MR) is 89.1 cm³/mol. The van der Waals surface area contributed by atoms with E-state index in [0.717, 1.165) is 50.7 Å². The van der Waals surface area contributed by atoms with Crippen LogP contribution in [-0.2, 0) is 6.54 Å². The molecule has 1 saturated heterocycles. The topological polar surface area (TPSA) is 71.8 Å². The first-order valence-corrected chi connectivity index (χ1v) is 8.47. The molecule has 3 heterocycles. The van der Waals surface area contributed by atoms with Gasteiger partial charge in [-0.2, -0.15) is 5.10 Å². The molecule has 0 spiro atoms. The van der Waals surface area contributed by atoms with E-state index in [0.29, 0.717) is 6.04 Å². The normalized spacial score (nSPS) is 17.4. The van der Waals surface area contributed by atoms with Gasteiger partial charge >= 0.3 is 0 Å². The van der Waals surface area contributed by atoms with E-state index in [-0.39, 0.29) is 6.04 Å². The Morgan fingerprint density at radius 2 is 1.91 bits per heavy atom. The third-order valence-corrected chi connectivity index (χ3v) is 4.43. The van der Waals surface area contributed by atoms with Gasteiger partial charge in [-0.3, -0.25) is 0 Å². The average molecular weight is 315 g/mol. The quantitative estimate of drug-likeness (QED) is 0.876. The zero-order valence-electron chi connectivity index (χ0n) is 13.9. The highest BCUT2D eigenvalue weighted by molar-refractivity contribution is 5.29. The number of rotatable bonds is 6. The summed E-state index contributed by atoms with van der Waals surface area (Å²) in [5, 5.41) is 8.05. The highest BCUT2D eigenvalue weighted by Crippen LogP contribution is 2.20. The van der Waals surface area contributed by atoms with Crippen molar-refractivity contribution < 1.29 is 0 Å². The first-order valence-electron chi connectivity index (χ1n) is 8.47. The Morgan fingerprint density at radius 3 is 2.57 bits per heavy atom. The summed E-state index contributed by atoms with van der Waals surface area (Å²) in [5.41, 5.74) is 0. The fourth-order valence-electron chi connectivity index (χ4n) is 3.15. The van der Waals surface area contributed by atoms with Crippen LogP contribution in [0.2, 0.25) is 0 Å². The highest BCUT2D eigenvalue weighted by Gasteiger charge is 2.24. The van der Waals surface area contributed by atoms with Crippen LogP contribution in [-0.4, -0.2) is 43.9 Å². The minimum absolute atomic E-state index is 0.266. The molecule has 1 aliphatic rings. The van der Waals surface area contributed by atoms with Crippen molar-refractivity contribution in [3.63, 3.8) is 0 Å². The largest absolute Gasteiger partial charge is 0.341 e. The molecule has 0 radical (unpaired) electrons. The highest BCUT2D eigenvalue weighted by atomic mass is 15.3. The van der Waals surface area contributed by atoms with Gasteiger partial charge in [-0.1, -0.05) is 6.92 Å². The zero-order chi connectivity index (χ0) is 16.1. The van der Waals surface area contributed by atoms with Crippen LogP contribution in [0.5, 0.6) is 0 Å². The molecular formula is C16H25N7. The average Bonchev–Trinajstić information content (AvgIpc) is 3.09. The molecule has 23 heavy (non-hydrogen) atoms. The monoisotopic (exact) mass is 315 g/mol. The lowest BCUT2D eigenvalue weighted by Crippen LogP contribution is -2.44. The molecule has 7 nitrogen and oxygen atoms in total. The molecule has 1 atom stereocenters. The van der Waals surface area contributed by atoms with Gasteiger partial charge in [0, 0.05) is 38.1 Å². The molecule has 0 saturated carbocycles. The predicted octanol–water partition coefficient (Wildman–Crippen LogP) is 1.80. The van der Waals surface area contributed by atoms with Gasteiger partial charge in [0.15, 0.2) is 0 Å². The maximum Gasteiger partial charge on any atom is 0.225 e. The molecule has 7 heteroatoms. The fraction of sp³-hybridized carbons (Fsp3) is 0.625. The molecule has 2 aromatic rings. The molecule has 0 aromatic carbocycles. The third kappa shape index (κ3) is 3.67. The molecule has 0 unspecified atom stereocenters. The maximum atomic E-state index is 4.45. The van der Waals surface area contributed by atoms with E-state index in [1.165, 1.54) is 0 Å². The van der Waals surface area contributed by atoms with Crippen molar-refractivity contribution in [2.75, 3.05) is 18.0 Å². The van der Waals surface area contributed by atoms with Crippen LogP contribution >= 0.6 is 0 Å². The number of aromatic nitrogens is 5. The van der Waals surface area contributed by atoms with E-state index >= 15 is 0 Å². The Balaban J connectivity index is 1.57. The van der Waals surface area contributed by atoms with Crippen molar-refractivity contribution in [3.8, 4) is 0 Å². The molecule has 0 bridgehead atoms. The standard InChI is InChI=1S/C16H25N7/c1-3-14(15-19-12-20-23(15)4-2)21-13-6-10-22(11-7-13)16-17-8-5-9-18-16/h5,8-9,12-14,21H,3-4,6-7,10-11H2,1-2H3/t14-/m0/s1. The summed E-state index contributed by atoms with van der Waals surface area (Å²) in [7, 11) is 0. The van der Waals surface area contributed by atoms with Crippen LogP contribution in [0.1, 0.15) is 45.0 Å². The number of piperidine rings is 1. The van der Waals surface area contributed by atoms with Gasteiger partial charge in [0.1, 0.15) is 12.2 Å². The number of nitrogens with one attached hydrogen (secondary N) is 1.